The zero-order chi connectivity index (χ0) is 17.7. The number of amides is 1. The highest BCUT2D eigenvalue weighted by Crippen LogP contribution is 2.21. The predicted octanol–water partition coefficient (Wildman–Crippen LogP) is 2.21. The maximum Gasteiger partial charge on any atom is 0.344 e. The fraction of sp³-hybridized carbons (Fsp3) is 0.529. The van der Waals surface area contributed by atoms with E-state index in [1.165, 1.54) is 0 Å². The smallest absolute Gasteiger partial charge is 0.344 e. The van der Waals surface area contributed by atoms with Gasteiger partial charge in [0.05, 0.1) is 12.2 Å². The molecule has 2 unspecified atom stereocenters. The molecule has 0 aliphatic carbocycles. The molecule has 0 N–H and O–H groups in total. The van der Waals surface area contributed by atoms with Gasteiger partial charge in [-0.25, -0.2) is 4.79 Å². The van der Waals surface area contributed by atoms with Crippen LogP contribution in [0.5, 0.6) is 5.75 Å². The van der Waals surface area contributed by atoms with Crippen LogP contribution in [0.2, 0.25) is 5.02 Å². The number of morpholine rings is 1. The molecule has 2 rings (SSSR count). The van der Waals surface area contributed by atoms with E-state index < -0.39 is 5.97 Å². The number of carbonyl (C=O) groups excluding carboxylic acids is 2. The molecule has 132 valence electrons. The van der Waals surface area contributed by atoms with Gasteiger partial charge in [-0.1, -0.05) is 11.6 Å². The minimum atomic E-state index is -0.592. The molecule has 1 aliphatic heterocycles. The molecule has 1 saturated heterocycles. The van der Waals surface area contributed by atoms with Crippen molar-refractivity contribution in [2.75, 3.05) is 26.3 Å². The number of esters is 1. The van der Waals surface area contributed by atoms with Crippen LogP contribution in [-0.4, -0.2) is 55.3 Å². The van der Waals surface area contributed by atoms with E-state index in [0.29, 0.717) is 23.9 Å². The van der Waals surface area contributed by atoms with Crippen molar-refractivity contribution in [3.63, 3.8) is 0 Å². The van der Waals surface area contributed by atoms with E-state index in [-0.39, 0.29) is 31.3 Å². The van der Waals surface area contributed by atoms with Crippen molar-refractivity contribution in [1.82, 2.24) is 4.90 Å². The lowest BCUT2D eigenvalue weighted by Crippen LogP contribution is -2.49. The van der Waals surface area contributed by atoms with E-state index in [1.54, 1.807) is 23.1 Å². The number of halogens is 1. The van der Waals surface area contributed by atoms with Gasteiger partial charge in [0.1, 0.15) is 5.75 Å². The molecule has 7 heteroatoms. The number of ether oxygens (including phenoxy) is 3. The van der Waals surface area contributed by atoms with Crippen LogP contribution in [0.15, 0.2) is 18.2 Å². The summed E-state index contributed by atoms with van der Waals surface area (Å²) in [6.45, 7) is 6.11. The van der Waals surface area contributed by atoms with E-state index in [0.717, 1.165) is 5.56 Å². The summed E-state index contributed by atoms with van der Waals surface area (Å²) < 4.78 is 15.9. The number of nitrogens with zero attached hydrogens (tertiary/aromatic N) is 1. The predicted molar refractivity (Wildman–Crippen MR) is 89.2 cm³/mol. The van der Waals surface area contributed by atoms with Crippen LogP contribution in [-0.2, 0) is 19.1 Å². The van der Waals surface area contributed by atoms with Gasteiger partial charge in [-0.2, -0.15) is 0 Å². The van der Waals surface area contributed by atoms with Crippen molar-refractivity contribution in [2.45, 2.75) is 33.0 Å². The molecule has 1 aliphatic rings. The first-order valence-electron chi connectivity index (χ1n) is 7.83. The topological polar surface area (TPSA) is 65.1 Å². The van der Waals surface area contributed by atoms with E-state index in [4.69, 9.17) is 25.8 Å². The summed E-state index contributed by atoms with van der Waals surface area (Å²) in [5.41, 5.74) is 0.855. The standard InChI is InChI=1S/C17H22ClNO5/c1-11-6-14(4-5-15(11)18)22-10-17(21)23-9-16(20)19-7-12(2)24-13(3)8-19/h4-6,12-13H,7-10H2,1-3H3. The molecule has 1 fully saturated rings. The Morgan fingerprint density at radius 2 is 1.92 bits per heavy atom. The lowest BCUT2D eigenvalue weighted by Gasteiger charge is -2.35. The van der Waals surface area contributed by atoms with Gasteiger partial charge in [-0.15, -0.1) is 0 Å². The molecule has 0 aromatic heterocycles. The number of aryl methyl sites for hydroxylation is 1. The molecule has 1 aromatic rings. The average Bonchev–Trinajstić information content (AvgIpc) is 2.52. The number of rotatable bonds is 5. The molecule has 0 bridgehead atoms. The van der Waals surface area contributed by atoms with Gasteiger partial charge in [0.25, 0.3) is 5.91 Å². The molecule has 1 amide bonds. The summed E-state index contributed by atoms with van der Waals surface area (Å²) in [4.78, 5) is 25.5. The number of hydrogen-bond acceptors (Lipinski definition) is 5. The number of hydrogen-bond donors (Lipinski definition) is 0. The Morgan fingerprint density at radius 3 is 2.54 bits per heavy atom. The summed E-state index contributed by atoms with van der Waals surface area (Å²) in [5.74, 6) is -0.297. The third-order valence-electron chi connectivity index (χ3n) is 3.62. The highest BCUT2D eigenvalue weighted by atomic mass is 35.5. The first-order valence-corrected chi connectivity index (χ1v) is 8.20. The Bertz CT molecular complexity index is 597. The van der Waals surface area contributed by atoms with Crippen molar-refractivity contribution in [2.24, 2.45) is 0 Å². The monoisotopic (exact) mass is 355 g/mol. The molecule has 6 nitrogen and oxygen atoms in total. The molecule has 1 aromatic carbocycles. The van der Waals surface area contributed by atoms with Crippen LogP contribution in [0.3, 0.4) is 0 Å². The molecule has 1 heterocycles. The molecule has 0 spiro atoms. The summed E-state index contributed by atoms with van der Waals surface area (Å²) in [6.07, 6.45) is -0.0465. The zero-order valence-corrected chi connectivity index (χ0v) is 14.8. The van der Waals surface area contributed by atoms with Crippen molar-refractivity contribution in [3.05, 3.63) is 28.8 Å². The fourth-order valence-corrected chi connectivity index (χ4v) is 2.62. The summed E-state index contributed by atoms with van der Waals surface area (Å²) in [6, 6.07) is 5.10. The minimum absolute atomic E-state index is 0.0233. The van der Waals surface area contributed by atoms with Crippen LogP contribution < -0.4 is 4.74 Å². The Morgan fingerprint density at radius 1 is 1.25 bits per heavy atom. The highest BCUT2D eigenvalue weighted by Gasteiger charge is 2.26. The van der Waals surface area contributed by atoms with Crippen LogP contribution in [0.4, 0.5) is 0 Å². The van der Waals surface area contributed by atoms with E-state index in [2.05, 4.69) is 0 Å². The molecule has 24 heavy (non-hydrogen) atoms. The zero-order valence-electron chi connectivity index (χ0n) is 14.1. The van der Waals surface area contributed by atoms with Gasteiger partial charge in [0.15, 0.2) is 13.2 Å². The number of carbonyl (C=O) groups is 2. The quantitative estimate of drug-likeness (QED) is 0.758. The SMILES string of the molecule is Cc1cc(OCC(=O)OCC(=O)N2CC(C)OC(C)C2)ccc1Cl. The van der Waals surface area contributed by atoms with Crippen LogP contribution in [0.1, 0.15) is 19.4 Å². The second-order valence-corrected chi connectivity index (χ2v) is 6.32. The lowest BCUT2D eigenvalue weighted by atomic mass is 10.2. The molecular weight excluding hydrogens is 334 g/mol. The van der Waals surface area contributed by atoms with E-state index in [9.17, 15) is 9.59 Å². The molecule has 0 radical (unpaired) electrons. The second-order valence-electron chi connectivity index (χ2n) is 5.92. The van der Waals surface area contributed by atoms with Gasteiger partial charge in [0.2, 0.25) is 0 Å². The Hall–Kier alpha value is -1.79. The molecule has 2 atom stereocenters. The highest BCUT2D eigenvalue weighted by molar-refractivity contribution is 6.31. The third-order valence-corrected chi connectivity index (χ3v) is 4.04. The number of benzene rings is 1. The van der Waals surface area contributed by atoms with Crippen LogP contribution >= 0.6 is 11.6 Å². The first-order chi connectivity index (χ1) is 11.3. The fourth-order valence-electron chi connectivity index (χ4n) is 2.51. The van der Waals surface area contributed by atoms with Crippen molar-refractivity contribution < 1.29 is 23.8 Å². The first kappa shape index (κ1) is 18.5. The van der Waals surface area contributed by atoms with Gasteiger partial charge in [-0.05, 0) is 44.5 Å². The normalized spacial score (nSPS) is 20.6. The summed E-state index contributed by atoms with van der Waals surface area (Å²) in [7, 11) is 0. The largest absolute Gasteiger partial charge is 0.482 e. The lowest BCUT2D eigenvalue weighted by molar-refractivity contribution is -0.158. The van der Waals surface area contributed by atoms with Gasteiger partial charge in [0, 0.05) is 18.1 Å². The third kappa shape index (κ3) is 5.39. The van der Waals surface area contributed by atoms with Gasteiger partial charge < -0.3 is 19.1 Å². The minimum Gasteiger partial charge on any atom is -0.482 e. The van der Waals surface area contributed by atoms with E-state index in [1.807, 2.05) is 20.8 Å². The summed E-state index contributed by atoms with van der Waals surface area (Å²) in [5, 5.41) is 0.629. The second kappa shape index (κ2) is 8.35. The molecular formula is C17H22ClNO5. The van der Waals surface area contributed by atoms with Crippen LogP contribution in [0, 0.1) is 6.92 Å². The summed E-state index contributed by atoms with van der Waals surface area (Å²) >= 11 is 5.92. The maximum atomic E-state index is 12.1. The van der Waals surface area contributed by atoms with Crippen LogP contribution in [0.25, 0.3) is 0 Å². The Balaban J connectivity index is 1.74. The van der Waals surface area contributed by atoms with Gasteiger partial charge >= 0.3 is 5.97 Å². The Labute approximate surface area is 146 Å². The Kier molecular flexibility index (Phi) is 6.45. The van der Waals surface area contributed by atoms with Crippen molar-refractivity contribution >= 4 is 23.5 Å². The van der Waals surface area contributed by atoms with Gasteiger partial charge in [-0.3, -0.25) is 4.79 Å². The maximum absolute atomic E-state index is 12.1. The van der Waals surface area contributed by atoms with Crippen molar-refractivity contribution in [1.29, 1.82) is 0 Å². The average molecular weight is 356 g/mol. The molecule has 0 saturated carbocycles. The van der Waals surface area contributed by atoms with E-state index >= 15 is 0 Å². The van der Waals surface area contributed by atoms with Crippen molar-refractivity contribution in [3.8, 4) is 5.75 Å².